The lowest BCUT2D eigenvalue weighted by atomic mass is 9.82. The van der Waals surface area contributed by atoms with Crippen LogP contribution in [0.2, 0.25) is 5.02 Å². The van der Waals surface area contributed by atoms with Crippen LogP contribution in [0.25, 0.3) is 0 Å². The monoisotopic (exact) mass is 360 g/mol. The minimum atomic E-state index is -0.840. The quantitative estimate of drug-likeness (QED) is 0.841. The van der Waals surface area contributed by atoms with Gasteiger partial charge in [-0.15, -0.1) is 0 Å². The number of halogens is 1. The SMILES string of the molecule is O=C(O)[C@@H]1[C@@H](C(=O)N2CCN(c3cccc(Cl)c3)CC2)[C@H]2C=C[C@H]1C2. The van der Waals surface area contributed by atoms with E-state index in [1.54, 1.807) is 0 Å². The number of carbonyl (C=O) groups is 2. The Morgan fingerprint density at radius 3 is 2.36 bits per heavy atom. The molecule has 0 radical (unpaired) electrons. The second-order valence-electron chi connectivity index (χ2n) is 7.13. The third kappa shape index (κ3) is 2.91. The van der Waals surface area contributed by atoms with Gasteiger partial charge >= 0.3 is 5.97 Å². The molecule has 4 atom stereocenters. The van der Waals surface area contributed by atoms with Gasteiger partial charge in [-0.05, 0) is 36.5 Å². The van der Waals surface area contributed by atoms with Gasteiger partial charge in [0, 0.05) is 36.9 Å². The Balaban J connectivity index is 1.43. The fourth-order valence-electron chi connectivity index (χ4n) is 4.56. The van der Waals surface area contributed by atoms with E-state index in [-0.39, 0.29) is 17.7 Å². The molecule has 1 aromatic rings. The lowest BCUT2D eigenvalue weighted by Gasteiger charge is -2.38. The van der Waals surface area contributed by atoms with E-state index in [0.717, 1.165) is 25.2 Å². The molecule has 1 heterocycles. The fraction of sp³-hybridized carbons (Fsp3) is 0.474. The lowest BCUT2D eigenvalue weighted by molar-refractivity contribution is -0.151. The highest BCUT2D eigenvalue weighted by Crippen LogP contribution is 2.48. The first-order valence-corrected chi connectivity index (χ1v) is 9.13. The zero-order chi connectivity index (χ0) is 17.6. The number of carboxylic acid groups (broad SMARTS) is 1. The number of allylic oxidation sites excluding steroid dienone is 2. The molecule has 25 heavy (non-hydrogen) atoms. The Hall–Kier alpha value is -2.01. The van der Waals surface area contributed by atoms with Crippen LogP contribution >= 0.6 is 11.6 Å². The first-order chi connectivity index (χ1) is 12.0. The van der Waals surface area contributed by atoms with Gasteiger partial charge in [-0.3, -0.25) is 9.59 Å². The van der Waals surface area contributed by atoms with Crippen molar-refractivity contribution < 1.29 is 14.7 Å². The zero-order valence-corrected chi connectivity index (χ0v) is 14.6. The maximum Gasteiger partial charge on any atom is 0.307 e. The molecule has 6 heteroatoms. The molecule has 4 rings (SSSR count). The fourth-order valence-corrected chi connectivity index (χ4v) is 4.75. The van der Waals surface area contributed by atoms with Crippen LogP contribution in [-0.4, -0.2) is 48.1 Å². The molecule has 1 aliphatic heterocycles. The molecule has 1 N–H and O–H groups in total. The molecule has 1 amide bonds. The standard InChI is InChI=1S/C19H21ClN2O3/c20-14-2-1-3-15(11-14)21-6-8-22(9-7-21)18(23)16-12-4-5-13(10-12)17(16)19(24)25/h1-5,11-13,16-17H,6-10H2,(H,24,25)/t12-,13-,16-,17-/m0/s1. The molecule has 2 bridgehead atoms. The summed E-state index contributed by atoms with van der Waals surface area (Å²) in [7, 11) is 0. The van der Waals surface area contributed by atoms with Gasteiger partial charge in [0.05, 0.1) is 11.8 Å². The Bertz CT molecular complexity index is 727. The zero-order valence-electron chi connectivity index (χ0n) is 13.8. The van der Waals surface area contributed by atoms with Crippen molar-refractivity contribution in [3.63, 3.8) is 0 Å². The third-order valence-corrected chi connectivity index (χ3v) is 6.03. The molecular formula is C19H21ClN2O3. The molecule has 0 aromatic heterocycles. The van der Waals surface area contributed by atoms with Crippen LogP contribution in [0.1, 0.15) is 6.42 Å². The summed E-state index contributed by atoms with van der Waals surface area (Å²) in [6.07, 6.45) is 4.81. The van der Waals surface area contributed by atoms with E-state index < -0.39 is 17.8 Å². The van der Waals surface area contributed by atoms with Crippen molar-refractivity contribution in [2.24, 2.45) is 23.7 Å². The van der Waals surface area contributed by atoms with Crippen LogP contribution in [0.5, 0.6) is 0 Å². The van der Waals surface area contributed by atoms with E-state index in [4.69, 9.17) is 11.6 Å². The van der Waals surface area contributed by atoms with Crippen molar-refractivity contribution >= 4 is 29.2 Å². The summed E-state index contributed by atoms with van der Waals surface area (Å²) in [5, 5.41) is 10.2. The van der Waals surface area contributed by atoms with Crippen molar-refractivity contribution in [1.29, 1.82) is 0 Å². The summed E-state index contributed by atoms with van der Waals surface area (Å²) in [4.78, 5) is 28.7. The Morgan fingerprint density at radius 2 is 1.72 bits per heavy atom. The molecule has 1 aromatic carbocycles. The molecule has 132 valence electrons. The topological polar surface area (TPSA) is 60.9 Å². The predicted octanol–water partition coefficient (Wildman–Crippen LogP) is 2.51. The highest BCUT2D eigenvalue weighted by molar-refractivity contribution is 6.30. The first kappa shape index (κ1) is 16.5. The molecule has 1 saturated heterocycles. The molecule has 2 aliphatic carbocycles. The third-order valence-electron chi connectivity index (χ3n) is 5.79. The van der Waals surface area contributed by atoms with Gasteiger partial charge in [0.15, 0.2) is 0 Å². The van der Waals surface area contributed by atoms with Gasteiger partial charge in [-0.25, -0.2) is 0 Å². The Labute approximate surface area is 151 Å². The maximum absolute atomic E-state index is 13.0. The molecule has 5 nitrogen and oxygen atoms in total. The lowest BCUT2D eigenvalue weighted by Crippen LogP contribution is -2.52. The second kappa shape index (κ2) is 6.37. The molecule has 2 fully saturated rings. The van der Waals surface area contributed by atoms with Gasteiger partial charge in [0.25, 0.3) is 0 Å². The highest BCUT2D eigenvalue weighted by Gasteiger charge is 2.52. The number of rotatable bonds is 3. The molecule has 0 spiro atoms. The molecular weight excluding hydrogens is 340 g/mol. The number of hydrogen-bond donors (Lipinski definition) is 1. The van der Waals surface area contributed by atoms with Gasteiger partial charge in [0.2, 0.25) is 5.91 Å². The van der Waals surface area contributed by atoms with Gasteiger partial charge in [-0.2, -0.15) is 0 Å². The van der Waals surface area contributed by atoms with Crippen molar-refractivity contribution in [1.82, 2.24) is 4.90 Å². The van der Waals surface area contributed by atoms with E-state index in [1.165, 1.54) is 0 Å². The van der Waals surface area contributed by atoms with Crippen LogP contribution in [-0.2, 0) is 9.59 Å². The summed E-state index contributed by atoms with van der Waals surface area (Å²) in [6, 6.07) is 7.72. The van der Waals surface area contributed by atoms with Crippen LogP contribution in [0.3, 0.4) is 0 Å². The molecule has 3 aliphatic rings. The van der Waals surface area contributed by atoms with Crippen molar-refractivity contribution in [3.8, 4) is 0 Å². The predicted molar refractivity (Wildman–Crippen MR) is 95.6 cm³/mol. The van der Waals surface area contributed by atoms with E-state index in [2.05, 4.69) is 4.90 Å². The average Bonchev–Trinajstić information content (AvgIpc) is 3.22. The van der Waals surface area contributed by atoms with Crippen LogP contribution < -0.4 is 4.90 Å². The number of carboxylic acids is 1. The van der Waals surface area contributed by atoms with E-state index >= 15 is 0 Å². The highest BCUT2D eigenvalue weighted by atomic mass is 35.5. The number of anilines is 1. The largest absolute Gasteiger partial charge is 0.481 e. The van der Waals surface area contributed by atoms with Crippen LogP contribution in [0.4, 0.5) is 5.69 Å². The van der Waals surface area contributed by atoms with Crippen molar-refractivity contribution in [2.75, 3.05) is 31.1 Å². The van der Waals surface area contributed by atoms with Crippen molar-refractivity contribution in [3.05, 3.63) is 41.4 Å². The number of carbonyl (C=O) groups excluding carboxylic acids is 1. The Morgan fingerprint density at radius 1 is 1.04 bits per heavy atom. The maximum atomic E-state index is 13.0. The summed E-state index contributed by atoms with van der Waals surface area (Å²) >= 11 is 6.06. The molecule has 1 saturated carbocycles. The van der Waals surface area contributed by atoms with E-state index in [0.29, 0.717) is 18.1 Å². The van der Waals surface area contributed by atoms with Crippen molar-refractivity contribution in [2.45, 2.75) is 6.42 Å². The number of hydrogen-bond acceptors (Lipinski definition) is 3. The van der Waals surface area contributed by atoms with Gasteiger partial charge in [-0.1, -0.05) is 29.8 Å². The van der Waals surface area contributed by atoms with Gasteiger partial charge < -0.3 is 14.9 Å². The summed E-state index contributed by atoms with van der Waals surface area (Å²) in [5.41, 5.74) is 1.06. The smallest absolute Gasteiger partial charge is 0.307 e. The number of aliphatic carboxylic acids is 1. The first-order valence-electron chi connectivity index (χ1n) is 8.75. The Kier molecular flexibility index (Phi) is 4.20. The average molecular weight is 361 g/mol. The number of benzene rings is 1. The summed E-state index contributed by atoms with van der Waals surface area (Å²) < 4.78 is 0. The van der Waals surface area contributed by atoms with Crippen LogP contribution in [0, 0.1) is 23.7 Å². The van der Waals surface area contributed by atoms with Gasteiger partial charge in [0.1, 0.15) is 0 Å². The van der Waals surface area contributed by atoms with Crippen LogP contribution in [0.15, 0.2) is 36.4 Å². The minimum Gasteiger partial charge on any atom is -0.481 e. The summed E-state index contributed by atoms with van der Waals surface area (Å²) in [6.45, 7) is 2.71. The number of fused-ring (bicyclic) bond motifs is 2. The number of piperazine rings is 1. The summed E-state index contributed by atoms with van der Waals surface area (Å²) in [5.74, 6) is -1.69. The second-order valence-corrected chi connectivity index (χ2v) is 7.57. The van der Waals surface area contributed by atoms with E-state index in [1.807, 2.05) is 41.3 Å². The molecule has 0 unspecified atom stereocenters. The minimum absolute atomic E-state index is 0.00925. The normalized spacial score (nSPS) is 30.8. The number of amides is 1. The van der Waals surface area contributed by atoms with E-state index in [9.17, 15) is 14.7 Å². The number of nitrogens with zero attached hydrogens (tertiary/aromatic N) is 2.